The van der Waals surface area contributed by atoms with Crippen molar-refractivity contribution in [1.29, 1.82) is 0 Å². The largest absolute Gasteiger partial charge is 0.380 e. The minimum atomic E-state index is -0.0576. The van der Waals surface area contributed by atoms with Crippen LogP contribution in [0.1, 0.15) is 31.2 Å². The molecule has 2 fully saturated rings. The fraction of sp³-hybridized carbons (Fsp3) is 0.600. The zero-order chi connectivity index (χ0) is 18.4. The number of benzene rings is 1. The number of halogens is 1. The molecule has 3 rings (SSSR count). The maximum absolute atomic E-state index is 12.5. The lowest BCUT2D eigenvalue weighted by molar-refractivity contribution is -0.133. The fourth-order valence-electron chi connectivity index (χ4n) is 3.89. The Balaban J connectivity index is 0.00000261. The van der Waals surface area contributed by atoms with E-state index in [9.17, 15) is 9.59 Å². The number of carbonyl (C=O) groups is 2. The number of hydrogen-bond donors (Lipinski definition) is 1. The first-order valence-corrected chi connectivity index (χ1v) is 9.59. The second kappa shape index (κ2) is 10.6. The van der Waals surface area contributed by atoms with Crippen LogP contribution in [0.25, 0.3) is 0 Å². The topological polar surface area (TPSA) is 61.9 Å². The van der Waals surface area contributed by atoms with Crippen molar-refractivity contribution in [2.24, 2.45) is 0 Å². The van der Waals surface area contributed by atoms with Crippen LogP contribution in [-0.2, 0) is 14.3 Å². The lowest BCUT2D eigenvalue weighted by Gasteiger charge is -2.22. The summed E-state index contributed by atoms with van der Waals surface area (Å²) >= 11 is 0. The number of nitrogens with one attached hydrogen (secondary N) is 1. The Morgan fingerprint density at radius 1 is 1.26 bits per heavy atom. The molecule has 1 aromatic rings. The third-order valence-corrected chi connectivity index (χ3v) is 5.23. The predicted octanol–water partition coefficient (Wildman–Crippen LogP) is 1.65. The van der Waals surface area contributed by atoms with E-state index in [0.717, 1.165) is 32.7 Å². The van der Waals surface area contributed by atoms with Gasteiger partial charge in [-0.25, -0.2) is 0 Å². The number of carbonyl (C=O) groups excluding carboxylic acids is 2. The van der Waals surface area contributed by atoms with Crippen molar-refractivity contribution < 1.29 is 14.3 Å². The summed E-state index contributed by atoms with van der Waals surface area (Å²) in [4.78, 5) is 28.3. The Morgan fingerprint density at radius 2 is 2.04 bits per heavy atom. The highest BCUT2D eigenvalue weighted by atomic mass is 35.5. The normalized spacial score (nSPS) is 22.7. The van der Waals surface area contributed by atoms with E-state index < -0.39 is 0 Å². The SMILES string of the molecule is CCOCCN1C[C@H](NC(=O)CN2CCCC2=O)[C@@H](c2ccccc2)C1.Cl. The molecule has 2 aliphatic rings. The summed E-state index contributed by atoms with van der Waals surface area (Å²) in [5, 5.41) is 3.18. The van der Waals surface area contributed by atoms with Gasteiger partial charge in [0.15, 0.2) is 0 Å². The molecule has 0 aromatic heterocycles. The Hall–Kier alpha value is -1.63. The van der Waals surface area contributed by atoms with E-state index in [1.807, 2.05) is 25.1 Å². The molecule has 27 heavy (non-hydrogen) atoms. The van der Waals surface area contributed by atoms with Gasteiger partial charge < -0.3 is 15.0 Å². The minimum absolute atomic E-state index is 0. The summed E-state index contributed by atoms with van der Waals surface area (Å²) < 4.78 is 5.48. The number of likely N-dealkylation sites (tertiary alicyclic amines) is 2. The van der Waals surface area contributed by atoms with Crippen LogP contribution >= 0.6 is 12.4 Å². The van der Waals surface area contributed by atoms with Crippen LogP contribution in [-0.4, -0.2) is 73.6 Å². The number of ether oxygens (including phenoxy) is 1. The van der Waals surface area contributed by atoms with Crippen LogP contribution in [0, 0.1) is 0 Å². The first-order chi connectivity index (χ1) is 12.7. The second-order valence-electron chi connectivity index (χ2n) is 7.07. The minimum Gasteiger partial charge on any atom is -0.380 e. The first kappa shape index (κ1) is 21.7. The van der Waals surface area contributed by atoms with E-state index >= 15 is 0 Å². The molecule has 1 aromatic carbocycles. The summed E-state index contributed by atoms with van der Waals surface area (Å²) in [6.07, 6.45) is 1.42. The van der Waals surface area contributed by atoms with Crippen molar-refractivity contribution in [3.8, 4) is 0 Å². The van der Waals surface area contributed by atoms with Crippen molar-refractivity contribution in [3.05, 3.63) is 35.9 Å². The molecule has 7 heteroatoms. The molecular weight excluding hydrogens is 366 g/mol. The van der Waals surface area contributed by atoms with Crippen LogP contribution in [0.5, 0.6) is 0 Å². The van der Waals surface area contributed by atoms with Crippen molar-refractivity contribution >= 4 is 24.2 Å². The van der Waals surface area contributed by atoms with Gasteiger partial charge in [-0.15, -0.1) is 12.4 Å². The molecule has 0 bridgehead atoms. The summed E-state index contributed by atoms with van der Waals surface area (Å²) in [5.41, 5.74) is 1.24. The molecule has 2 heterocycles. The van der Waals surface area contributed by atoms with Crippen molar-refractivity contribution in [1.82, 2.24) is 15.1 Å². The summed E-state index contributed by atoms with van der Waals surface area (Å²) in [7, 11) is 0. The molecule has 150 valence electrons. The predicted molar refractivity (Wildman–Crippen MR) is 107 cm³/mol. The lowest BCUT2D eigenvalue weighted by atomic mass is 9.94. The number of nitrogens with zero attached hydrogens (tertiary/aromatic N) is 2. The molecule has 0 radical (unpaired) electrons. The van der Waals surface area contributed by atoms with Crippen molar-refractivity contribution in [2.75, 3.05) is 45.9 Å². The maximum Gasteiger partial charge on any atom is 0.239 e. The van der Waals surface area contributed by atoms with E-state index in [0.29, 0.717) is 19.6 Å². The quantitative estimate of drug-likeness (QED) is 0.680. The van der Waals surface area contributed by atoms with Gasteiger partial charge in [0, 0.05) is 51.2 Å². The molecule has 6 nitrogen and oxygen atoms in total. The highest BCUT2D eigenvalue weighted by Crippen LogP contribution is 2.27. The van der Waals surface area contributed by atoms with Crippen LogP contribution < -0.4 is 5.32 Å². The maximum atomic E-state index is 12.5. The Bertz CT molecular complexity index is 614. The summed E-state index contributed by atoms with van der Waals surface area (Å²) in [6.45, 7) is 6.89. The first-order valence-electron chi connectivity index (χ1n) is 9.59. The average Bonchev–Trinajstić information content (AvgIpc) is 3.22. The Kier molecular flexibility index (Phi) is 8.54. The molecular formula is C20H30ClN3O3. The van der Waals surface area contributed by atoms with E-state index in [1.165, 1.54) is 5.56 Å². The Morgan fingerprint density at radius 3 is 2.70 bits per heavy atom. The monoisotopic (exact) mass is 395 g/mol. The molecule has 0 saturated carbocycles. The molecule has 2 atom stereocenters. The van der Waals surface area contributed by atoms with E-state index in [1.54, 1.807) is 4.90 Å². The third kappa shape index (κ3) is 5.92. The van der Waals surface area contributed by atoms with Gasteiger partial charge in [0.1, 0.15) is 0 Å². The highest BCUT2D eigenvalue weighted by Gasteiger charge is 2.35. The van der Waals surface area contributed by atoms with Crippen LogP contribution in [0.3, 0.4) is 0 Å². The van der Waals surface area contributed by atoms with Gasteiger partial charge in [0.05, 0.1) is 13.2 Å². The molecule has 0 spiro atoms. The standard InChI is InChI=1S/C20H29N3O3.ClH/c1-2-26-12-11-22-13-17(16-7-4-3-5-8-16)18(14-22)21-19(24)15-23-10-6-9-20(23)25;/h3-5,7-8,17-18H,2,6,9-15H2,1H3,(H,21,24);1H/t17-,18+;/m1./s1. The van der Waals surface area contributed by atoms with Gasteiger partial charge in [0.25, 0.3) is 0 Å². The molecule has 0 aliphatic carbocycles. The van der Waals surface area contributed by atoms with Crippen LogP contribution in [0.4, 0.5) is 0 Å². The zero-order valence-electron chi connectivity index (χ0n) is 15.9. The van der Waals surface area contributed by atoms with Crippen LogP contribution in [0.15, 0.2) is 30.3 Å². The number of rotatable bonds is 8. The van der Waals surface area contributed by atoms with E-state index in [4.69, 9.17) is 4.74 Å². The molecule has 1 N–H and O–H groups in total. The molecule has 2 saturated heterocycles. The van der Waals surface area contributed by atoms with Crippen molar-refractivity contribution in [3.63, 3.8) is 0 Å². The van der Waals surface area contributed by atoms with Crippen molar-refractivity contribution in [2.45, 2.75) is 31.7 Å². The highest BCUT2D eigenvalue weighted by molar-refractivity contribution is 5.86. The van der Waals surface area contributed by atoms with Crippen LogP contribution in [0.2, 0.25) is 0 Å². The number of hydrogen-bond acceptors (Lipinski definition) is 4. The molecule has 2 amide bonds. The van der Waals surface area contributed by atoms with Gasteiger partial charge in [-0.05, 0) is 18.9 Å². The van der Waals surface area contributed by atoms with Gasteiger partial charge in [-0.2, -0.15) is 0 Å². The van der Waals surface area contributed by atoms with E-state index in [-0.39, 0.29) is 42.7 Å². The zero-order valence-corrected chi connectivity index (χ0v) is 16.7. The fourth-order valence-corrected chi connectivity index (χ4v) is 3.89. The second-order valence-corrected chi connectivity index (χ2v) is 7.07. The number of amides is 2. The summed E-state index contributed by atoms with van der Waals surface area (Å²) in [5.74, 6) is 0.290. The molecule has 2 aliphatic heterocycles. The smallest absolute Gasteiger partial charge is 0.239 e. The average molecular weight is 396 g/mol. The molecule has 0 unspecified atom stereocenters. The van der Waals surface area contributed by atoms with E-state index in [2.05, 4.69) is 22.3 Å². The van der Waals surface area contributed by atoms with Gasteiger partial charge in [-0.1, -0.05) is 30.3 Å². The Labute approximate surface area is 167 Å². The van der Waals surface area contributed by atoms with Gasteiger partial charge >= 0.3 is 0 Å². The third-order valence-electron chi connectivity index (χ3n) is 5.23. The summed E-state index contributed by atoms with van der Waals surface area (Å²) in [6, 6.07) is 10.4. The lowest BCUT2D eigenvalue weighted by Crippen LogP contribution is -2.45. The van der Waals surface area contributed by atoms with Gasteiger partial charge in [0.2, 0.25) is 11.8 Å². The van der Waals surface area contributed by atoms with Gasteiger partial charge in [-0.3, -0.25) is 14.5 Å².